The summed E-state index contributed by atoms with van der Waals surface area (Å²) in [5.41, 5.74) is 0.722. The number of benzene rings is 2. The smallest absolute Gasteiger partial charge is 0.150 e. The minimum Gasteiger partial charge on any atom is -0.455 e. The van der Waals surface area contributed by atoms with Crippen molar-refractivity contribution in [3.05, 3.63) is 54.6 Å². The Balaban J connectivity index is 1.83. The van der Waals surface area contributed by atoms with E-state index in [-0.39, 0.29) is 5.54 Å². The summed E-state index contributed by atoms with van der Waals surface area (Å²) < 4.78 is 6.01. The lowest BCUT2D eigenvalue weighted by Gasteiger charge is -2.34. The van der Waals surface area contributed by atoms with Crippen molar-refractivity contribution in [3.63, 3.8) is 0 Å². The molecule has 1 N–H and O–H groups in total. The van der Waals surface area contributed by atoms with Crippen molar-refractivity contribution >= 4 is 5.69 Å². The average Bonchev–Trinajstić information content (AvgIpc) is 2.58. The predicted octanol–water partition coefficient (Wildman–Crippen LogP) is 5.23. The van der Waals surface area contributed by atoms with Gasteiger partial charge < -0.3 is 10.1 Å². The minimum absolute atomic E-state index is 0.242. The van der Waals surface area contributed by atoms with Crippen LogP contribution in [-0.2, 0) is 0 Å². The number of para-hydroxylation sites is 3. The molecule has 0 aromatic heterocycles. The molecule has 3 rings (SSSR count). The first-order chi connectivity index (χ1) is 10.8. The molecule has 0 radical (unpaired) electrons. The van der Waals surface area contributed by atoms with E-state index in [2.05, 4.69) is 11.2 Å². The number of terminal acetylenes is 1. The van der Waals surface area contributed by atoms with Crippen molar-refractivity contribution in [2.45, 2.75) is 37.6 Å². The SMILES string of the molecule is C#CC1(Nc2ccccc2Oc2ccccc2)CCCCC1. The fourth-order valence-corrected chi connectivity index (χ4v) is 2.99. The Morgan fingerprint density at radius 2 is 1.59 bits per heavy atom. The standard InChI is InChI=1S/C20H21NO/c1-2-20(15-9-4-10-16-20)21-18-13-7-8-14-19(18)22-17-11-5-3-6-12-17/h1,3,5-8,11-14,21H,4,9-10,15-16H2. The van der Waals surface area contributed by atoms with Crippen LogP contribution in [0.1, 0.15) is 32.1 Å². The molecule has 1 saturated carbocycles. The quantitative estimate of drug-likeness (QED) is 0.779. The molecule has 1 fully saturated rings. The van der Waals surface area contributed by atoms with Gasteiger partial charge in [-0.15, -0.1) is 6.42 Å². The molecule has 0 amide bonds. The zero-order valence-electron chi connectivity index (χ0n) is 12.7. The zero-order valence-corrected chi connectivity index (χ0v) is 12.7. The molecule has 22 heavy (non-hydrogen) atoms. The highest BCUT2D eigenvalue weighted by Crippen LogP contribution is 2.36. The van der Waals surface area contributed by atoms with Gasteiger partial charge >= 0.3 is 0 Å². The summed E-state index contributed by atoms with van der Waals surface area (Å²) in [6, 6.07) is 17.8. The van der Waals surface area contributed by atoms with Crippen molar-refractivity contribution in [2.75, 3.05) is 5.32 Å². The Bertz CT molecular complexity index is 651. The monoisotopic (exact) mass is 291 g/mol. The Morgan fingerprint density at radius 1 is 0.909 bits per heavy atom. The summed E-state index contributed by atoms with van der Waals surface area (Å²) in [5.74, 6) is 4.63. The number of hydrogen-bond donors (Lipinski definition) is 1. The molecule has 0 unspecified atom stereocenters. The number of anilines is 1. The van der Waals surface area contributed by atoms with Gasteiger partial charge in [0.15, 0.2) is 5.75 Å². The summed E-state index contributed by atoms with van der Waals surface area (Å²) in [5, 5.41) is 3.57. The van der Waals surface area contributed by atoms with E-state index in [1.165, 1.54) is 19.3 Å². The van der Waals surface area contributed by atoms with Crippen molar-refractivity contribution < 1.29 is 4.74 Å². The van der Waals surface area contributed by atoms with Crippen LogP contribution in [-0.4, -0.2) is 5.54 Å². The zero-order chi connectivity index (χ0) is 15.3. The van der Waals surface area contributed by atoms with Gasteiger partial charge in [0.25, 0.3) is 0 Å². The van der Waals surface area contributed by atoms with Gasteiger partial charge in [0.1, 0.15) is 5.75 Å². The van der Waals surface area contributed by atoms with E-state index >= 15 is 0 Å². The van der Waals surface area contributed by atoms with Crippen LogP contribution in [0, 0.1) is 12.3 Å². The fraction of sp³-hybridized carbons (Fsp3) is 0.300. The maximum atomic E-state index is 6.01. The number of rotatable bonds is 4. The summed E-state index contributed by atoms with van der Waals surface area (Å²) in [4.78, 5) is 0. The van der Waals surface area contributed by atoms with Crippen LogP contribution in [0.25, 0.3) is 0 Å². The van der Waals surface area contributed by atoms with Crippen molar-refractivity contribution in [1.29, 1.82) is 0 Å². The van der Waals surface area contributed by atoms with E-state index in [1.807, 2.05) is 54.6 Å². The molecule has 2 heteroatoms. The molecule has 2 nitrogen and oxygen atoms in total. The highest BCUT2D eigenvalue weighted by atomic mass is 16.5. The molecular weight excluding hydrogens is 270 g/mol. The van der Waals surface area contributed by atoms with Crippen LogP contribution in [0.3, 0.4) is 0 Å². The molecule has 2 aromatic carbocycles. The number of ether oxygens (including phenoxy) is 1. The lowest BCUT2D eigenvalue weighted by Crippen LogP contribution is -2.38. The number of hydrogen-bond acceptors (Lipinski definition) is 2. The predicted molar refractivity (Wildman–Crippen MR) is 91.2 cm³/mol. The summed E-state index contributed by atoms with van der Waals surface area (Å²) in [7, 11) is 0. The Hall–Kier alpha value is -2.40. The van der Waals surface area contributed by atoms with Gasteiger partial charge in [-0.3, -0.25) is 0 Å². The molecule has 0 saturated heterocycles. The van der Waals surface area contributed by atoms with E-state index in [0.29, 0.717) is 0 Å². The summed E-state index contributed by atoms with van der Waals surface area (Å²) in [6.45, 7) is 0. The van der Waals surface area contributed by atoms with Crippen LogP contribution in [0.5, 0.6) is 11.5 Å². The molecule has 0 atom stereocenters. The van der Waals surface area contributed by atoms with Crippen molar-refractivity contribution in [3.8, 4) is 23.8 Å². The van der Waals surface area contributed by atoms with Gasteiger partial charge in [0.05, 0.1) is 11.2 Å². The third-order valence-corrected chi connectivity index (χ3v) is 4.22. The first-order valence-corrected chi connectivity index (χ1v) is 7.89. The maximum Gasteiger partial charge on any atom is 0.150 e. The van der Waals surface area contributed by atoms with Crippen LogP contribution in [0.15, 0.2) is 54.6 Å². The van der Waals surface area contributed by atoms with Gasteiger partial charge in [-0.05, 0) is 37.1 Å². The van der Waals surface area contributed by atoms with E-state index in [0.717, 1.165) is 30.0 Å². The van der Waals surface area contributed by atoms with E-state index < -0.39 is 0 Å². The topological polar surface area (TPSA) is 21.3 Å². The first-order valence-electron chi connectivity index (χ1n) is 7.89. The molecule has 1 aliphatic rings. The summed E-state index contributed by atoms with van der Waals surface area (Å²) >= 11 is 0. The Labute approximate surface area is 132 Å². The van der Waals surface area contributed by atoms with E-state index in [4.69, 9.17) is 11.2 Å². The molecule has 2 aromatic rings. The maximum absolute atomic E-state index is 6.01. The van der Waals surface area contributed by atoms with Gasteiger partial charge in [-0.1, -0.05) is 55.5 Å². The Morgan fingerprint density at radius 3 is 2.32 bits per heavy atom. The van der Waals surface area contributed by atoms with Crippen LogP contribution in [0.4, 0.5) is 5.69 Å². The summed E-state index contributed by atoms with van der Waals surface area (Å²) in [6.07, 6.45) is 11.5. The van der Waals surface area contributed by atoms with Gasteiger partial charge in [0, 0.05) is 0 Å². The largest absolute Gasteiger partial charge is 0.455 e. The molecule has 1 aliphatic carbocycles. The molecular formula is C20H21NO. The van der Waals surface area contributed by atoms with Crippen LogP contribution in [0.2, 0.25) is 0 Å². The van der Waals surface area contributed by atoms with Crippen molar-refractivity contribution in [2.24, 2.45) is 0 Å². The fourth-order valence-electron chi connectivity index (χ4n) is 2.99. The normalized spacial score (nSPS) is 16.5. The lowest BCUT2D eigenvalue weighted by molar-refractivity contribution is 0.394. The average molecular weight is 291 g/mol. The van der Waals surface area contributed by atoms with Crippen molar-refractivity contribution in [1.82, 2.24) is 0 Å². The molecule has 112 valence electrons. The second kappa shape index (κ2) is 6.58. The van der Waals surface area contributed by atoms with E-state index in [1.54, 1.807) is 0 Å². The molecule has 0 aliphatic heterocycles. The van der Waals surface area contributed by atoms with Crippen LogP contribution >= 0.6 is 0 Å². The minimum atomic E-state index is -0.242. The molecule has 0 heterocycles. The van der Waals surface area contributed by atoms with Gasteiger partial charge in [-0.25, -0.2) is 0 Å². The second-order valence-corrected chi connectivity index (χ2v) is 5.82. The molecule has 0 bridgehead atoms. The van der Waals surface area contributed by atoms with Gasteiger partial charge in [0.2, 0.25) is 0 Å². The van der Waals surface area contributed by atoms with E-state index in [9.17, 15) is 0 Å². The third kappa shape index (κ3) is 3.26. The second-order valence-electron chi connectivity index (χ2n) is 5.82. The highest BCUT2D eigenvalue weighted by molar-refractivity contribution is 5.60. The molecule has 0 spiro atoms. The van der Waals surface area contributed by atoms with Crippen LogP contribution < -0.4 is 10.1 Å². The third-order valence-electron chi connectivity index (χ3n) is 4.22. The highest BCUT2D eigenvalue weighted by Gasteiger charge is 2.30. The number of nitrogens with one attached hydrogen (secondary N) is 1. The Kier molecular flexibility index (Phi) is 4.34. The lowest BCUT2D eigenvalue weighted by atomic mass is 9.82. The first kappa shape index (κ1) is 14.5. The van der Waals surface area contributed by atoms with Gasteiger partial charge in [-0.2, -0.15) is 0 Å².